The summed E-state index contributed by atoms with van der Waals surface area (Å²) in [5, 5.41) is 7.63. The van der Waals surface area contributed by atoms with Crippen LogP contribution in [-0.2, 0) is 5.41 Å². The third-order valence-electron chi connectivity index (χ3n) is 7.74. The van der Waals surface area contributed by atoms with Crippen molar-refractivity contribution in [2.24, 2.45) is 0 Å². The van der Waals surface area contributed by atoms with Crippen LogP contribution in [0.15, 0.2) is 133 Å². The molecule has 40 heavy (non-hydrogen) atoms. The van der Waals surface area contributed by atoms with E-state index >= 15 is 0 Å². The Morgan fingerprint density at radius 3 is 1.82 bits per heavy atom. The van der Waals surface area contributed by atoms with E-state index in [9.17, 15) is 0 Å². The maximum absolute atomic E-state index is 5.06. The Hall–Kier alpha value is -4.89. The van der Waals surface area contributed by atoms with Crippen LogP contribution in [0.25, 0.3) is 55.7 Å². The summed E-state index contributed by atoms with van der Waals surface area (Å²) in [4.78, 5) is 0. The Morgan fingerprint density at radius 1 is 0.525 bits per heavy atom. The van der Waals surface area contributed by atoms with E-state index in [4.69, 9.17) is 5.10 Å². The quantitative estimate of drug-likeness (QED) is 0.228. The van der Waals surface area contributed by atoms with Gasteiger partial charge in [-0.1, -0.05) is 106 Å². The number of nitrogens with zero attached hydrogens (tertiary/aromatic N) is 3. The summed E-state index contributed by atoms with van der Waals surface area (Å²) in [7, 11) is 0. The van der Waals surface area contributed by atoms with Crippen LogP contribution in [0.2, 0.25) is 0 Å². The number of rotatable bonds is 4. The fourth-order valence-electron chi connectivity index (χ4n) is 5.60. The maximum atomic E-state index is 5.06. The highest BCUT2D eigenvalue weighted by molar-refractivity contribution is 6.09. The normalized spacial score (nSPS) is 11.9. The zero-order chi connectivity index (χ0) is 27.3. The number of para-hydroxylation sites is 1. The van der Waals surface area contributed by atoms with Crippen molar-refractivity contribution in [3.63, 3.8) is 0 Å². The number of hydrogen-bond donors (Lipinski definition) is 0. The van der Waals surface area contributed by atoms with E-state index in [2.05, 4.69) is 151 Å². The van der Waals surface area contributed by atoms with E-state index in [0.29, 0.717) is 0 Å². The molecule has 5 aromatic carbocycles. The van der Waals surface area contributed by atoms with Gasteiger partial charge in [0.2, 0.25) is 0 Å². The van der Waals surface area contributed by atoms with E-state index in [1.54, 1.807) is 0 Å². The van der Waals surface area contributed by atoms with E-state index in [-0.39, 0.29) is 5.41 Å². The summed E-state index contributed by atoms with van der Waals surface area (Å²) in [6, 6.07) is 47.4. The van der Waals surface area contributed by atoms with Gasteiger partial charge in [0.1, 0.15) is 0 Å². The van der Waals surface area contributed by atoms with Crippen molar-refractivity contribution in [2.45, 2.75) is 26.2 Å². The van der Waals surface area contributed by atoms with Gasteiger partial charge in [0.25, 0.3) is 0 Å². The van der Waals surface area contributed by atoms with Gasteiger partial charge >= 0.3 is 0 Å². The minimum Gasteiger partial charge on any atom is -0.309 e. The van der Waals surface area contributed by atoms with Crippen molar-refractivity contribution in [3.8, 4) is 33.9 Å². The largest absolute Gasteiger partial charge is 0.309 e. The number of benzene rings is 5. The highest BCUT2D eigenvalue weighted by Crippen LogP contribution is 2.36. The zero-order valence-electron chi connectivity index (χ0n) is 23.0. The molecule has 0 unspecified atom stereocenters. The molecule has 3 heteroatoms. The van der Waals surface area contributed by atoms with Crippen LogP contribution < -0.4 is 0 Å². The molecule has 0 aliphatic heterocycles. The van der Waals surface area contributed by atoms with Crippen LogP contribution in [0.4, 0.5) is 0 Å². The summed E-state index contributed by atoms with van der Waals surface area (Å²) in [6.07, 6.45) is 0. The smallest absolute Gasteiger partial charge is 0.0934 e. The molecular weight excluding hydrogens is 486 g/mol. The van der Waals surface area contributed by atoms with Gasteiger partial charge in [0.05, 0.1) is 28.1 Å². The molecule has 0 spiro atoms. The first-order chi connectivity index (χ1) is 19.5. The van der Waals surface area contributed by atoms with Crippen LogP contribution in [0.5, 0.6) is 0 Å². The lowest BCUT2D eigenvalue weighted by Gasteiger charge is -2.19. The summed E-state index contributed by atoms with van der Waals surface area (Å²) in [5.74, 6) is 0. The average molecular weight is 518 g/mol. The molecule has 194 valence electrons. The molecule has 3 nitrogen and oxygen atoms in total. The van der Waals surface area contributed by atoms with Gasteiger partial charge in [-0.25, -0.2) is 4.68 Å². The first kappa shape index (κ1) is 24.2. The molecule has 0 N–H and O–H groups in total. The predicted octanol–water partition coefficient (Wildman–Crippen LogP) is 9.60. The molecule has 0 aliphatic rings. The highest BCUT2D eigenvalue weighted by atomic mass is 15.3. The molecule has 2 aromatic heterocycles. The number of fused-ring (bicyclic) bond motifs is 3. The molecule has 7 aromatic rings. The SMILES string of the molecule is CC(C)(C)c1ccc2c(c1)c1ccccc1n2-c1ccc(-n2nc(-c3ccccc3)cc2-c2ccccc2)cc1. The van der Waals surface area contributed by atoms with E-state index < -0.39 is 0 Å². The molecule has 0 saturated heterocycles. The van der Waals surface area contributed by atoms with Gasteiger partial charge in [-0.05, 0) is 59.5 Å². The van der Waals surface area contributed by atoms with Crippen molar-refractivity contribution in [1.29, 1.82) is 0 Å². The second-order valence-electron chi connectivity index (χ2n) is 11.4. The second-order valence-corrected chi connectivity index (χ2v) is 11.4. The Morgan fingerprint density at radius 2 is 1.12 bits per heavy atom. The molecular formula is C37H31N3. The van der Waals surface area contributed by atoms with Gasteiger partial charge in [-0.3, -0.25) is 0 Å². The summed E-state index contributed by atoms with van der Waals surface area (Å²) in [6.45, 7) is 6.82. The lowest BCUT2D eigenvalue weighted by molar-refractivity contribution is 0.591. The lowest BCUT2D eigenvalue weighted by atomic mass is 9.86. The van der Waals surface area contributed by atoms with Crippen molar-refractivity contribution in [2.75, 3.05) is 0 Å². The van der Waals surface area contributed by atoms with Crippen molar-refractivity contribution < 1.29 is 0 Å². The first-order valence-corrected chi connectivity index (χ1v) is 13.8. The molecule has 0 saturated carbocycles. The molecule has 0 amide bonds. The van der Waals surface area contributed by atoms with Crippen molar-refractivity contribution in [3.05, 3.63) is 139 Å². The minimum absolute atomic E-state index is 0.0951. The molecule has 0 bridgehead atoms. The summed E-state index contributed by atoms with van der Waals surface area (Å²) in [5.41, 5.74) is 10.3. The van der Waals surface area contributed by atoms with Crippen LogP contribution >= 0.6 is 0 Å². The van der Waals surface area contributed by atoms with Crippen LogP contribution in [0.1, 0.15) is 26.3 Å². The van der Waals surface area contributed by atoms with Crippen molar-refractivity contribution in [1.82, 2.24) is 14.3 Å². The summed E-state index contributed by atoms with van der Waals surface area (Å²) >= 11 is 0. The minimum atomic E-state index is 0.0951. The van der Waals surface area contributed by atoms with Gasteiger partial charge < -0.3 is 4.57 Å². The first-order valence-electron chi connectivity index (χ1n) is 13.8. The van der Waals surface area contributed by atoms with E-state index in [0.717, 1.165) is 33.9 Å². The lowest BCUT2D eigenvalue weighted by Crippen LogP contribution is -2.10. The second kappa shape index (κ2) is 9.39. The Balaban J connectivity index is 1.37. The van der Waals surface area contributed by atoms with Gasteiger partial charge in [-0.15, -0.1) is 0 Å². The molecule has 0 atom stereocenters. The number of hydrogen-bond acceptors (Lipinski definition) is 1. The topological polar surface area (TPSA) is 22.8 Å². The Kier molecular flexibility index (Phi) is 5.67. The standard InChI is InChI=1S/C37H31N3/c1-37(2,3)28-18-23-35-32(24-28)31-16-10-11-17-34(31)39(35)29-19-21-30(22-20-29)40-36(27-14-8-5-9-15-27)25-33(38-40)26-12-6-4-7-13-26/h4-25H,1-3H3. The molecule has 0 aliphatic carbocycles. The average Bonchev–Trinajstić information content (AvgIpc) is 3.58. The summed E-state index contributed by atoms with van der Waals surface area (Å²) < 4.78 is 4.43. The van der Waals surface area contributed by atoms with Crippen LogP contribution in [0.3, 0.4) is 0 Å². The van der Waals surface area contributed by atoms with E-state index in [1.165, 1.54) is 27.4 Å². The zero-order valence-corrected chi connectivity index (χ0v) is 23.0. The fraction of sp³-hybridized carbons (Fsp3) is 0.108. The molecule has 7 rings (SSSR count). The van der Waals surface area contributed by atoms with Crippen LogP contribution in [-0.4, -0.2) is 14.3 Å². The Bertz CT molecular complexity index is 1950. The van der Waals surface area contributed by atoms with Gasteiger partial charge in [0.15, 0.2) is 0 Å². The molecule has 0 fully saturated rings. The monoisotopic (exact) mass is 517 g/mol. The maximum Gasteiger partial charge on any atom is 0.0934 e. The van der Waals surface area contributed by atoms with Crippen molar-refractivity contribution >= 4 is 21.8 Å². The third kappa shape index (κ3) is 4.11. The van der Waals surface area contributed by atoms with Crippen LogP contribution in [0, 0.1) is 0 Å². The third-order valence-corrected chi connectivity index (χ3v) is 7.74. The molecule has 2 heterocycles. The fourth-order valence-corrected chi connectivity index (χ4v) is 5.60. The van der Waals surface area contributed by atoms with E-state index in [1.807, 2.05) is 12.1 Å². The van der Waals surface area contributed by atoms with Gasteiger partial charge in [-0.2, -0.15) is 5.10 Å². The van der Waals surface area contributed by atoms with Gasteiger partial charge in [0, 0.05) is 27.6 Å². The number of aromatic nitrogens is 3. The highest BCUT2D eigenvalue weighted by Gasteiger charge is 2.18. The Labute approximate surface area is 235 Å². The molecule has 0 radical (unpaired) electrons. The predicted molar refractivity (Wildman–Crippen MR) is 167 cm³/mol.